The normalized spacial score (nSPS) is 33.4. The van der Waals surface area contributed by atoms with Gasteiger partial charge in [-0.2, -0.15) is 0 Å². The average molecular weight is 260 g/mol. The molecule has 0 spiro atoms. The van der Waals surface area contributed by atoms with Crippen LogP contribution in [-0.2, 0) is 14.6 Å². The number of amides is 1. The Morgan fingerprint density at radius 1 is 1.18 bits per heavy atom. The number of hydrogen-bond acceptors (Lipinski definition) is 4. The van der Waals surface area contributed by atoms with Gasteiger partial charge in [0.15, 0.2) is 9.84 Å². The van der Waals surface area contributed by atoms with Gasteiger partial charge in [0.2, 0.25) is 5.91 Å². The molecule has 1 aliphatic heterocycles. The molecule has 0 radical (unpaired) electrons. The average Bonchev–Trinajstić information content (AvgIpc) is 2.28. The number of nitrogens with two attached hydrogens (primary N) is 1. The van der Waals surface area contributed by atoms with Crippen molar-refractivity contribution < 1.29 is 13.2 Å². The van der Waals surface area contributed by atoms with Crippen molar-refractivity contribution in [3.05, 3.63) is 0 Å². The first-order chi connectivity index (χ1) is 7.98. The maximum Gasteiger partial charge on any atom is 0.225 e. The molecule has 1 amide bonds. The van der Waals surface area contributed by atoms with Crippen molar-refractivity contribution in [3.8, 4) is 0 Å². The fourth-order valence-electron chi connectivity index (χ4n) is 2.64. The summed E-state index contributed by atoms with van der Waals surface area (Å²) in [5.74, 6) is 0.337. The van der Waals surface area contributed by atoms with Crippen LogP contribution in [0.25, 0.3) is 0 Å². The van der Waals surface area contributed by atoms with Crippen LogP contribution in [0.5, 0.6) is 0 Å². The van der Waals surface area contributed by atoms with E-state index in [2.05, 4.69) is 0 Å². The third-order valence-corrected chi connectivity index (χ3v) is 5.33. The summed E-state index contributed by atoms with van der Waals surface area (Å²) in [4.78, 5) is 13.9. The predicted octanol–water partition coefficient (Wildman–Crippen LogP) is -0.239. The number of hydrogen-bond donors (Lipinski definition) is 1. The standard InChI is InChI=1S/C11H20N2O3S/c12-10-3-1-2-9(8-10)11(14)13-4-6-17(15,16)7-5-13/h9-10H,1-8,12H2. The van der Waals surface area contributed by atoms with Crippen LogP contribution in [0.3, 0.4) is 0 Å². The van der Waals surface area contributed by atoms with Crippen LogP contribution >= 0.6 is 0 Å². The minimum atomic E-state index is -2.91. The van der Waals surface area contributed by atoms with Gasteiger partial charge in [-0.1, -0.05) is 6.42 Å². The van der Waals surface area contributed by atoms with Gasteiger partial charge < -0.3 is 10.6 Å². The molecule has 0 bridgehead atoms. The summed E-state index contributed by atoms with van der Waals surface area (Å²) < 4.78 is 22.6. The van der Waals surface area contributed by atoms with Crippen molar-refractivity contribution in [3.63, 3.8) is 0 Å². The smallest absolute Gasteiger partial charge is 0.225 e. The van der Waals surface area contributed by atoms with E-state index in [0.29, 0.717) is 13.1 Å². The molecule has 2 fully saturated rings. The third kappa shape index (κ3) is 3.19. The highest BCUT2D eigenvalue weighted by Gasteiger charge is 2.32. The molecule has 1 saturated carbocycles. The molecule has 2 unspecified atom stereocenters. The van der Waals surface area contributed by atoms with Gasteiger partial charge in [-0.25, -0.2) is 8.42 Å². The minimum absolute atomic E-state index is 0.0135. The van der Waals surface area contributed by atoms with E-state index in [1.165, 1.54) is 0 Å². The van der Waals surface area contributed by atoms with Crippen molar-refractivity contribution in [2.24, 2.45) is 11.7 Å². The summed E-state index contributed by atoms with van der Waals surface area (Å²) in [7, 11) is -2.91. The number of rotatable bonds is 1. The first-order valence-electron chi connectivity index (χ1n) is 6.23. The lowest BCUT2D eigenvalue weighted by Gasteiger charge is -2.33. The van der Waals surface area contributed by atoms with Crippen LogP contribution in [0.1, 0.15) is 25.7 Å². The van der Waals surface area contributed by atoms with Crippen molar-refractivity contribution in [1.82, 2.24) is 4.90 Å². The van der Waals surface area contributed by atoms with Gasteiger partial charge >= 0.3 is 0 Å². The van der Waals surface area contributed by atoms with E-state index in [4.69, 9.17) is 5.73 Å². The Morgan fingerprint density at radius 3 is 2.41 bits per heavy atom. The summed E-state index contributed by atoms with van der Waals surface area (Å²) in [6.07, 6.45) is 3.65. The van der Waals surface area contributed by atoms with Crippen LogP contribution in [-0.4, -0.2) is 49.9 Å². The fourth-order valence-corrected chi connectivity index (χ4v) is 3.84. The number of sulfone groups is 1. The Balaban J connectivity index is 1.92. The Kier molecular flexibility index (Phi) is 3.73. The van der Waals surface area contributed by atoms with E-state index < -0.39 is 9.84 Å². The van der Waals surface area contributed by atoms with Crippen LogP contribution < -0.4 is 5.73 Å². The lowest BCUT2D eigenvalue weighted by molar-refractivity contribution is -0.136. The first kappa shape index (κ1) is 12.8. The van der Waals surface area contributed by atoms with E-state index in [0.717, 1.165) is 25.7 Å². The molecule has 0 aromatic carbocycles. The zero-order valence-electron chi connectivity index (χ0n) is 9.97. The lowest BCUT2D eigenvalue weighted by Crippen LogP contribution is -2.47. The molecule has 0 aromatic heterocycles. The zero-order chi connectivity index (χ0) is 12.5. The summed E-state index contributed by atoms with van der Waals surface area (Å²) in [5.41, 5.74) is 5.87. The van der Waals surface area contributed by atoms with Gasteiger partial charge in [0.1, 0.15) is 0 Å². The Bertz CT molecular complexity index is 380. The lowest BCUT2D eigenvalue weighted by atomic mass is 9.85. The summed E-state index contributed by atoms with van der Waals surface area (Å²) in [6, 6.07) is 0.131. The molecule has 1 saturated heterocycles. The Hall–Kier alpha value is -0.620. The molecule has 2 rings (SSSR count). The summed E-state index contributed by atoms with van der Waals surface area (Å²) in [5, 5.41) is 0. The van der Waals surface area contributed by atoms with Gasteiger partial charge in [-0.3, -0.25) is 4.79 Å². The van der Waals surface area contributed by atoms with Crippen molar-refractivity contribution in [2.45, 2.75) is 31.7 Å². The molecule has 1 heterocycles. The van der Waals surface area contributed by atoms with E-state index >= 15 is 0 Å². The van der Waals surface area contributed by atoms with Crippen LogP contribution in [0, 0.1) is 5.92 Å². The van der Waals surface area contributed by atoms with Crippen molar-refractivity contribution in [1.29, 1.82) is 0 Å². The molecule has 5 nitrogen and oxygen atoms in total. The van der Waals surface area contributed by atoms with E-state index in [9.17, 15) is 13.2 Å². The van der Waals surface area contributed by atoms with Gasteiger partial charge in [0.05, 0.1) is 11.5 Å². The summed E-state index contributed by atoms with van der Waals surface area (Å²) in [6.45, 7) is 0.708. The molecule has 2 atom stereocenters. The molecule has 0 aromatic rings. The van der Waals surface area contributed by atoms with Gasteiger partial charge in [-0.05, 0) is 19.3 Å². The van der Waals surface area contributed by atoms with Crippen molar-refractivity contribution in [2.75, 3.05) is 24.6 Å². The molecule has 1 aliphatic carbocycles. The topological polar surface area (TPSA) is 80.5 Å². The molecule has 17 heavy (non-hydrogen) atoms. The van der Waals surface area contributed by atoms with Crippen LogP contribution in [0.15, 0.2) is 0 Å². The number of carbonyl (C=O) groups is 1. The molecular formula is C11H20N2O3S. The Labute approximate surface area is 102 Å². The summed E-state index contributed by atoms with van der Waals surface area (Å²) >= 11 is 0. The second kappa shape index (κ2) is 4.94. The SMILES string of the molecule is NC1CCCC(C(=O)N2CCS(=O)(=O)CC2)C1. The third-order valence-electron chi connectivity index (χ3n) is 3.72. The van der Waals surface area contributed by atoms with E-state index in [-0.39, 0.29) is 29.4 Å². The van der Waals surface area contributed by atoms with E-state index in [1.54, 1.807) is 4.90 Å². The number of nitrogens with zero attached hydrogens (tertiary/aromatic N) is 1. The maximum absolute atomic E-state index is 12.2. The molecular weight excluding hydrogens is 240 g/mol. The van der Waals surface area contributed by atoms with Crippen LogP contribution in [0.4, 0.5) is 0 Å². The monoisotopic (exact) mass is 260 g/mol. The van der Waals surface area contributed by atoms with Gasteiger partial charge in [-0.15, -0.1) is 0 Å². The predicted molar refractivity (Wildman–Crippen MR) is 65.2 cm³/mol. The van der Waals surface area contributed by atoms with Gasteiger partial charge in [0.25, 0.3) is 0 Å². The highest BCUT2D eigenvalue weighted by molar-refractivity contribution is 7.91. The number of carbonyl (C=O) groups excluding carboxylic acids is 1. The molecule has 2 aliphatic rings. The highest BCUT2D eigenvalue weighted by atomic mass is 32.2. The quantitative estimate of drug-likeness (QED) is 0.705. The minimum Gasteiger partial charge on any atom is -0.340 e. The second-order valence-electron chi connectivity index (χ2n) is 5.10. The molecule has 6 heteroatoms. The fraction of sp³-hybridized carbons (Fsp3) is 0.909. The largest absolute Gasteiger partial charge is 0.340 e. The van der Waals surface area contributed by atoms with Crippen molar-refractivity contribution >= 4 is 15.7 Å². The van der Waals surface area contributed by atoms with Crippen LogP contribution in [0.2, 0.25) is 0 Å². The highest BCUT2D eigenvalue weighted by Crippen LogP contribution is 2.25. The second-order valence-corrected chi connectivity index (χ2v) is 7.40. The first-order valence-corrected chi connectivity index (χ1v) is 8.05. The molecule has 2 N–H and O–H groups in total. The van der Waals surface area contributed by atoms with Gasteiger partial charge in [0, 0.05) is 25.0 Å². The molecule has 98 valence electrons. The maximum atomic E-state index is 12.2. The Morgan fingerprint density at radius 2 is 1.82 bits per heavy atom. The van der Waals surface area contributed by atoms with E-state index in [1.807, 2.05) is 0 Å². The zero-order valence-corrected chi connectivity index (χ0v) is 10.8.